The topological polar surface area (TPSA) is 58.6 Å². The fourth-order valence-electron chi connectivity index (χ4n) is 2.68. The molecule has 2 aromatic carbocycles. The molecule has 1 aliphatic heterocycles. The van der Waals surface area contributed by atoms with Crippen molar-refractivity contribution in [3.05, 3.63) is 71.6 Å². The average molecular weight is 334 g/mol. The van der Waals surface area contributed by atoms with Gasteiger partial charge in [-0.25, -0.2) is 0 Å². The maximum atomic E-state index is 12.6. The van der Waals surface area contributed by atoms with Crippen LogP contribution >= 0.6 is 0 Å². The Balaban J connectivity index is 1.83. The molecule has 0 unspecified atom stereocenters. The van der Waals surface area contributed by atoms with Crippen molar-refractivity contribution >= 4 is 35.5 Å². The minimum atomic E-state index is -0.303. The van der Waals surface area contributed by atoms with Gasteiger partial charge in [-0.3, -0.25) is 14.5 Å². The largest absolute Gasteiger partial charge is 0.483 e. The Morgan fingerprint density at radius 2 is 1.92 bits per heavy atom. The van der Waals surface area contributed by atoms with Gasteiger partial charge in [-0.15, -0.1) is 0 Å². The second-order valence-electron chi connectivity index (χ2n) is 5.56. The second kappa shape index (κ2) is 7.05. The van der Waals surface area contributed by atoms with Crippen LogP contribution in [0.15, 0.2) is 61.2 Å². The van der Waals surface area contributed by atoms with Crippen molar-refractivity contribution in [1.82, 2.24) is 0 Å². The molecule has 0 aliphatic carbocycles. The van der Waals surface area contributed by atoms with Crippen LogP contribution in [0.4, 0.5) is 11.4 Å². The summed E-state index contributed by atoms with van der Waals surface area (Å²) in [7, 11) is 0. The van der Waals surface area contributed by atoms with Crippen molar-refractivity contribution in [3.63, 3.8) is 0 Å². The number of anilines is 2. The van der Waals surface area contributed by atoms with E-state index in [2.05, 4.69) is 18.5 Å². The molecule has 0 aromatic heterocycles. The number of amides is 2. The first kappa shape index (κ1) is 16.5. The highest BCUT2D eigenvalue weighted by molar-refractivity contribution is 6.10. The van der Waals surface area contributed by atoms with Crippen LogP contribution in [0.25, 0.3) is 12.3 Å². The van der Waals surface area contributed by atoms with Gasteiger partial charge < -0.3 is 10.1 Å². The molecule has 2 amide bonds. The Morgan fingerprint density at radius 1 is 1.20 bits per heavy atom. The lowest BCUT2D eigenvalue weighted by molar-refractivity contribution is -0.123. The molecule has 0 fully saturated rings. The highest BCUT2D eigenvalue weighted by Gasteiger charge is 2.26. The predicted molar refractivity (Wildman–Crippen MR) is 98.2 cm³/mol. The van der Waals surface area contributed by atoms with Gasteiger partial charge in [0.25, 0.3) is 5.91 Å². The molecule has 1 aliphatic rings. The molecular formula is C20H18N2O3. The molecule has 1 N–H and O–H groups in total. The molecule has 0 radical (unpaired) electrons. The van der Waals surface area contributed by atoms with Crippen molar-refractivity contribution in [1.29, 1.82) is 0 Å². The van der Waals surface area contributed by atoms with Crippen molar-refractivity contribution in [2.24, 2.45) is 0 Å². The number of benzene rings is 2. The first-order chi connectivity index (χ1) is 12.1. The van der Waals surface area contributed by atoms with E-state index < -0.39 is 0 Å². The normalized spacial score (nSPS) is 14.2. The van der Waals surface area contributed by atoms with Gasteiger partial charge in [0.05, 0.1) is 11.4 Å². The van der Waals surface area contributed by atoms with E-state index >= 15 is 0 Å². The zero-order valence-electron chi connectivity index (χ0n) is 13.7. The van der Waals surface area contributed by atoms with Crippen molar-refractivity contribution in [3.8, 4) is 0 Å². The van der Waals surface area contributed by atoms with E-state index in [0.717, 1.165) is 10.4 Å². The Kier molecular flexibility index (Phi) is 4.66. The standard InChI is InChI=1S/C20H18N2O3/c1-3-18(15-9-5-4-8-14(15)2)25-13-20(24)22-12-19(23)21-16-10-6-7-11-17(16)22/h3-11H,1-2,12-13H2,(H,21,23)/b18-15+. The number of nitrogens with one attached hydrogen (secondary N) is 1. The van der Waals surface area contributed by atoms with E-state index in [9.17, 15) is 9.59 Å². The molecule has 25 heavy (non-hydrogen) atoms. The Bertz CT molecular complexity index is 949. The molecule has 5 nitrogen and oxygen atoms in total. The van der Waals surface area contributed by atoms with Gasteiger partial charge in [-0.2, -0.15) is 0 Å². The summed E-state index contributed by atoms with van der Waals surface area (Å²) in [6.07, 6.45) is 1.55. The lowest BCUT2D eigenvalue weighted by atomic mass is 10.2. The minimum Gasteiger partial charge on any atom is -0.483 e. The van der Waals surface area contributed by atoms with Gasteiger partial charge >= 0.3 is 0 Å². The molecule has 0 saturated heterocycles. The van der Waals surface area contributed by atoms with Crippen LogP contribution in [0, 0.1) is 0 Å². The highest BCUT2D eigenvalue weighted by Crippen LogP contribution is 2.28. The first-order valence-electron chi connectivity index (χ1n) is 7.83. The van der Waals surface area contributed by atoms with Gasteiger partial charge in [0.1, 0.15) is 12.3 Å². The van der Waals surface area contributed by atoms with E-state index in [1.54, 1.807) is 24.3 Å². The summed E-state index contributed by atoms with van der Waals surface area (Å²) in [4.78, 5) is 25.8. The molecule has 0 spiro atoms. The zero-order valence-corrected chi connectivity index (χ0v) is 13.7. The number of fused-ring (bicyclic) bond motifs is 1. The fourth-order valence-corrected chi connectivity index (χ4v) is 2.68. The maximum absolute atomic E-state index is 12.6. The van der Waals surface area contributed by atoms with Crippen LogP contribution in [0.2, 0.25) is 0 Å². The van der Waals surface area contributed by atoms with E-state index in [0.29, 0.717) is 17.1 Å². The van der Waals surface area contributed by atoms with Crippen LogP contribution in [-0.2, 0) is 14.3 Å². The SMILES string of the molecule is C=C/C(OCC(=O)N1CC(=O)Nc2ccccc21)=c1/ccccc1=C. The fraction of sp³-hybridized carbons (Fsp3) is 0.100. The van der Waals surface area contributed by atoms with Gasteiger partial charge in [-0.05, 0) is 23.4 Å². The molecule has 0 atom stereocenters. The molecule has 1 heterocycles. The van der Waals surface area contributed by atoms with E-state index in [1.165, 1.54) is 4.90 Å². The predicted octanol–water partition coefficient (Wildman–Crippen LogP) is 1.39. The quantitative estimate of drug-likeness (QED) is 0.919. The van der Waals surface area contributed by atoms with Crippen LogP contribution in [-0.4, -0.2) is 25.0 Å². The van der Waals surface area contributed by atoms with Gasteiger partial charge in [0.15, 0.2) is 6.61 Å². The lowest BCUT2D eigenvalue weighted by Gasteiger charge is -2.29. The van der Waals surface area contributed by atoms with Crippen LogP contribution < -0.4 is 20.7 Å². The van der Waals surface area contributed by atoms with Crippen molar-refractivity contribution < 1.29 is 14.3 Å². The second-order valence-corrected chi connectivity index (χ2v) is 5.56. The smallest absolute Gasteiger partial charge is 0.265 e. The molecule has 126 valence electrons. The number of rotatable bonds is 4. The number of carbonyl (C=O) groups is 2. The van der Waals surface area contributed by atoms with Crippen molar-refractivity contribution in [2.75, 3.05) is 23.4 Å². The van der Waals surface area contributed by atoms with Crippen LogP contribution in [0.5, 0.6) is 0 Å². The third kappa shape index (κ3) is 3.45. The Hall–Kier alpha value is -3.34. The molecule has 5 heteroatoms. The van der Waals surface area contributed by atoms with E-state index in [-0.39, 0.29) is 25.0 Å². The number of nitrogens with zero attached hydrogens (tertiary/aromatic N) is 1. The number of hydrogen-bond donors (Lipinski definition) is 1. The zero-order chi connectivity index (χ0) is 17.8. The summed E-state index contributed by atoms with van der Waals surface area (Å²) in [5, 5.41) is 4.32. The van der Waals surface area contributed by atoms with Crippen molar-refractivity contribution in [2.45, 2.75) is 0 Å². The third-order valence-electron chi connectivity index (χ3n) is 3.89. The summed E-state index contributed by atoms with van der Waals surface area (Å²) in [5.41, 5.74) is 1.27. The number of carbonyl (C=O) groups excluding carboxylic acids is 2. The summed E-state index contributed by atoms with van der Waals surface area (Å²) < 4.78 is 5.66. The third-order valence-corrected chi connectivity index (χ3v) is 3.89. The molecule has 0 bridgehead atoms. The van der Waals surface area contributed by atoms with Gasteiger partial charge in [-0.1, -0.05) is 49.6 Å². The summed E-state index contributed by atoms with van der Waals surface area (Å²) in [6, 6.07) is 14.6. The number of para-hydroxylation sites is 2. The van der Waals surface area contributed by atoms with Gasteiger partial charge in [0.2, 0.25) is 5.91 Å². The Morgan fingerprint density at radius 3 is 2.68 bits per heavy atom. The Labute approximate surface area is 145 Å². The summed E-state index contributed by atoms with van der Waals surface area (Å²) >= 11 is 0. The maximum Gasteiger partial charge on any atom is 0.265 e. The summed E-state index contributed by atoms with van der Waals surface area (Å²) in [5.74, 6) is -0.0556. The highest BCUT2D eigenvalue weighted by atomic mass is 16.5. The lowest BCUT2D eigenvalue weighted by Crippen LogP contribution is -2.43. The average Bonchev–Trinajstić information content (AvgIpc) is 2.62. The van der Waals surface area contributed by atoms with E-state index in [1.807, 2.05) is 30.3 Å². The molecule has 3 rings (SSSR count). The number of ether oxygens (including phenoxy) is 1. The molecular weight excluding hydrogens is 316 g/mol. The first-order valence-corrected chi connectivity index (χ1v) is 7.83. The molecule has 2 aromatic rings. The summed E-state index contributed by atoms with van der Waals surface area (Å²) in [6.45, 7) is 7.46. The molecule has 0 saturated carbocycles. The van der Waals surface area contributed by atoms with E-state index in [4.69, 9.17) is 4.74 Å². The minimum absolute atomic E-state index is 0.0332. The van der Waals surface area contributed by atoms with Crippen LogP contribution in [0.3, 0.4) is 0 Å². The van der Waals surface area contributed by atoms with Crippen LogP contribution in [0.1, 0.15) is 0 Å². The monoisotopic (exact) mass is 334 g/mol. The number of hydrogen-bond acceptors (Lipinski definition) is 3. The van der Waals surface area contributed by atoms with Gasteiger partial charge in [0, 0.05) is 5.22 Å².